The van der Waals surface area contributed by atoms with Crippen molar-refractivity contribution in [2.45, 2.75) is 12.8 Å². The summed E-state index contributed by atoms with van der Waals surface area (Å²) in [6.45, 7) is 3.66. The molecular formula is C23H26ClN3O2. The Morgan fingerprint density at radius 3 is 2.34 bits per heavy atom. The molecule has 2 amide bonds. The summed E-state index contributed by atoms with van der Waals surface area (Å²) < 4.78 is 0. The number of halogens is 1. The maximum atomic E-state index is 12.4. The molecule has 0 bridgehead atoms. The number of nitrogens with one attached hydrogen (secondary N) is 1. The molecule has 152 valence electrons. The van der Waals surface area contributed by atoms with Gasteiger partial charge in [-0.25, -0.2) is 0 Å². The molecule has 0 atom stereocenters. The highest BCUT2D eigenvalue weighted by Crippen LogP contribution is 2.16. The Morgan fingerprint density at radius 2 is 1.66 bits per heavy atom. The molecule has 2 aromatic carbocycles. The lowest BCUT2D eigenvalue weighted by molar-refractivity contribution is -0.131. The van der Waals surface area contributed by atoms with Crippen LogP contribution in [0.4, 0.5) is 5.69 Å². The van der Waals surface area contributed by atoms with Crippen LogP contribution in [0, 0.1) is 0 Å². The van der Waals surface area contributed by atoms with E-state index in [1.54, 1.807) is 18.2 Å². The molecular weight excluding hydrogens is 386 g/mol. The zero-order chi connectivity index (χ0) is 20.5. The number of hydrogen-bond donors (Lipinski definition) is 1. The topological polar surface area (TPSA) is 52.7 Å². The molecule has 1 aliphatic rings. The number of carbonyl (C=O) groups excluding carboxylic acids is 2. The molecule has 5 nitrogen and oxygen atoms in total. The number of amides is 2. The summed E-state index contributed by atoms with van der Waals surface area (Å²) in [5.74, 6) is -0.00691. The van der Waals surface area contributed by atoms with E-state index in [9.17, 15) is 9.59 Å². The van der Waals surface area contributed by atoms with E-state index in [1.807, 2.05) is 35.2 Å². The first kappa shape index (κ1) is 20.9. The van der Waals surface area contributed by atoms with Crippen LogP contribution in [0.1, 0.15) is 18.4 Å². The summed E-state index contributed by atoms with van der Waals surface area (Å²) in [5, 5.41) is 3.48. The number of piperazine rings is 1. The van der Waals surface area contributed by atoms with E-state index >= 15 is 0 Å². The molecule has 0 radical (unpaired) electrons. The number of rotatable bonds is 7. The predicted octanol–water partition coefficient (Wildman–Crippen LogP) is 3.60. The maximum absolute atomic E-state index is 12.4. The van der Waals surface area contributed by atoms with Gasteiger partial charge in [-0.1, -0.05) is 41.9 Å². The molecule has 3 rings (SSSR count). The fourth-order valence-corrected chi connectivity index (χ4v) is 3.39. The van der Waals surface area contributed by atoms with Crippen molar-refractivity contribution in [3.05, 3.63) is 71.3 Å². The van der Waals surface area contributed by atoms with E-state index in [2.05, 4.69) is 22.3 Å². The number of carbonyl (C=O) groups is 2. The third kappa shape index (κ3) is 6.64. The lowest BCUT2D eigenvalue weighted by atomic mass is 10.2. The Kier molecular flexibility index (Phi) is 7.70. The van der Waals surface area contributed by atoms with Gasteiger partial charge in [-0.3, -0.25) is 9.59 Å². The number of nitrogens with zero attached hydrogens (tertiary/aromatic N) is 2. The minimum absolute atomic E-state index is 0.156. The Hall–Kier alpha value is -2.79. The van der Waals surface area contributed by atoms with E-state index in [0.29, 0.717) is 24.4 Å². The van der Waals surface area contributed by atoms with Crippen LogP contribution < -0.4 is 10.2 Å². The fourth-order valence-electron chi connectivity index (χ4n) is 3.27. The van der Waals surface area contributed by atoms with Gasteiger partial charge in [0.05, 0.1) is 0 Å². The summed E-state index contributed by atoms with van der Waals surface area (Å²) in [6, 6.07) is 17.5. The highest BCUT2D eigenvalue weighted by Gasteiger charge is 2.20. The van der Waals surface area contributed by atoms with Crippen LogP contribution in [0.25, 0.3) is 6.08 Å². The second-order valence-electron chi connectivity index (χ2n) is 6.98. The normalized spacial score (nSPS) is 14.2. The first-order valence-corrected chi connectivity index (χ1v) is 10.3. The monoisotopic (exact) mass is 411 g/mol. The van der Waals surface area contributed by atoms with Gasteiger partial charge in [-0.05, 0) is 42.3 Å². The first-order chi connectivity index (χ1) is 14.1. The van der Waals surface area contributed by atoms with Crippen molar-refractivity contribution in [2.75, 3.05) is 37.6 Å². The molecule has 29 heavy (non-hydrogen) atoms. The molecule has 0 unspecified atom stereocenters. The Balaban J connectivity index is 1.32. The summed E-state index contributed by atoms with van der Waals surface area (Å²) >= 11 is 5.84. The Morgan fingerprint density at radius 1 is 0.966 bits per heavy atom. The third-order valence-electron chi connectivity index (χ3n) is 4.92. The minimum atomic E-state index is -0.163. The fraction of sp³-hybridized carbons (Fsp3) is 0.304. The van der Waals surface area contributed by atoms with E-state index in [4.69, 9.17) is 11.6 Å². The summed E-state index contributed by atoms with van der Waals surface area (Å²) in [7, 11) is 0. The second kappa shape index (κ2) is 10.7. The van der Waals surface area contributed by atoms with E-state index in [-0.39, 0.29) is 11.8 Å². The van der Waals surface area contributed by atoms with Gasteiger partial charge in [0, 0.05) is 55.9 Å². The van der Waals surface area contributed by atoms with Crippen LogP contribution in [0.15, 0.2) is 60.7 Å². The lowest BCUT2D eigenvalue weighted by Crippen LogP contribution is -2.48. The molecule has 0 saturated carbocycles. The zero-order valence-electron chi connectivity index (χ0n) is 16.4. The van der Waals surface area contributed by atoms with Gasteiger partial charge in [-0.15, -0.1) is 0 Å². The number of benzene rings is 2. The predicted molar refractivity (Wildman–Crippen MR) is 118 cm³/mol. The first-order valence-electron chi connectivity index (χ1n) is 9.91. The zero-order valence-corrected chi connectivity index (χ0v) is 17.1. The second-order valence-corrected chi connectivity index (χ2v) is 7.42. The van der Waals surface area contributed by atoms with E-state index in [0.717, 1.165) is 31.7 Å². The van der Waals surface area contributed by atoms with Crippen molar-refractivity contribution in [1.29, 1.82) is 0 Å². The lowest BCUT2D eigenvalue weighted by Gasteiger charge is -2.36. The van der Waals surface area contributed by atoms with Crippen molar-refractivity contribution < 1.29 is 9.59 Å². The van der Waals surface area contributed by atoms with Crippen LogP contribution in [-0.4, -0.2) is 49.4 Å². The molecule has 1 fully saturated rings. The van der Waals surface area contributed by atoms with E-state index in [1.165, 1.54) is 11.8 Å². The molecule has 1 saturated heterocycles. The van der Waals surface area contributed by atoms with Crippen molar-refractivity contribution in [2.24, 2.45) is 0 Å². The number of para-hydroxylation sites is 1. The van der Waals surface area contributed by atoms with Crippen LogP contribution in [0.5, 0.6) is 0 Å². The maximum Gasteiger partial charge on any atom is 0.243 e. The standard InChI is InChI=1S/C23H26ClN3O2/c24-20-11-8-19(9-12-20)10-13-22(28)25-14-4-7-23(29)27-17-15-26(16-18-27)21-5-2-1-3-6-21/h1-3,5-6,8-13H,4,7,14-18H2,(H,25,28)/b13-10+. The largest absolute Gasteiger partial charge is 0.368 e. The third-order valence-corrected chi connectivity index (χ3v) is 5.17. The van der Waals surface area contributed by atoms with Gasteiger partial charge in [0.2, 0.25) is 11.8 Å². The van der Waals surface area contributed by atoms with Gasteiger partial charge >= 0.3 is 0 Å². The Bertz CT molecular complexity index is 829. The highest BCUT2D eigenvalue weighted by atomic mass is 35.5. The van der Waals surface area contributed by atoms with E-state index < -0.39 is 0 Å². The van der Waals surface area contributed by atoms with Crippen molar-refractivity contribution in [1.82, 2.24) is 10.2 Å². The molecule has 1 heterocycles. The average Bonchev–Trinajstić information content (AvgIpc) is 2.77. The average molecular weight is 412 g/mol. The summed E-state index contributed by atoms with van der Waals surface area (Å²) in [5.41, 5.74) is 2.11. The van der Waals surface area contributed by atoms with Gasteiger partial charge in [0.15, 0.2) is 0 Å². The summed E-state index contributed by atoms with van der Waals surface area (Å²) in [6.07, 6.45) is 4.32. The number of hydrogen-bond acceptors (Lipinski definition) is 3. The molecule has 0 spiro atoms. The molecule has 0 aromatic heterocycles. The number of anilines is 1. The van der Waals surface area contributed by atoms with Crippen molar-refractivity contribution >= 4 is 35.2 Å². The van der Waals surface area contributed by atoms with Crippen molar-refractivity contribution in [3.63, 3.8) is 0 Å². The van der Waals surface area contributed by atoms with Crippen LogP contribution in [-0.2, 0) is 9.59 Å². The van der Waals surface area contributed by atoms with Crippen LogP contribution in [0.3, 0.4) is 0 Å². The van der Waals surface area contributed by atoms with Crippen molar-refractivity contribution in [3.8, 4) is 0 Å². The van der Waals surface area contributed by atoms with Crippen LogP contribution in [0.2, 0.25) is 5.02 Å². The van der Waals surface area contributed by atoms with Gasteiger partial charge in [-0.2, -0.15) is 0 Å². The van der Waals surface area contributed by atoms with Crippen LogP contribution >= 0.6 is 11.6 Å². The molecule has 0 aliphatic carbocycles. The van der Waals surface area contributed by atoms with Gasteiger partial charge in [0.1, 0.15) is 0 Å². The molecule has 1 N–H and O–H groups in total. The highest BCUT2D eigenvalue weighted by molar-refractivity contribution is 6.30. The minimum Gasteiger partial charge on any atom is -0.368 e. The Labute approximate surface area is 177 Å². The smallest absolute Gasteiger partial charge is 0.243 e. The summed E-state index contributed by atoms with van der Waals surface area (Å²) in [4.78, 5) is 28.5. The molecule has 2 aromatic rings. The quantitative estimate of drug-likeness (QED) is 0.559. The molecule has 6 heteroatoms. The van der Waals surface area contributed by atoms with Gasteiger partial charge in [0.25, 0.3) is 0 Å². The SMILES string of the molecule is O=C(/C=C/c1ccc(Cl)cc1)NCCCC(=O)N1CCN(c2ccccc2)CC1. The van der Waals surface area contributed by atoms with Gasteiger partial charge < -0.3 is 15.1 Å². The molecule has 1 aliphatic heterocycles.